The van der Waals surface area contributed by atoms with Crippen molar-refractivity contribution in [3.05, 3.63) is 71.4 Å². The van der Waals surface area contributed by atoms with Crippen molar-refractivity contribution < 1.29 is 18.6 Å². The fourth-order valence-electron chi connectivity index (χ4n) is 3.23. The normalized spacial score (nSPS) is 13.4. The second-order valence-corrected chi connectivity index (χ2v) is 7.07. The summed E-state index contributed by atoms with van der Waals surface area (Å²) in [7, 11) is 0. The molecule has 1 radical (unpaired) electrons. The Morgan fingerprint density at radius 1 is 1.00 bits per heavy atom. The SMILES string of the molecule is Clc1ccccc1-c1cc(Nc2cc(C3CC3)[nH]n2)c2ccccc2n1.[V]. The molecule has 133 valence electrons. The average molecular weight is 412 g/mol. The van der Waals surface area contributed by atoms with Gasteiger partial charge in [-0.15, -0.1) is 0 Å². The van der Waals surface area contributed by atoms with E-state index in [1.807, 2.05) is 48.5 Å². The topological polar surface area (TPSA) is 53.6 Å². The maximum atomic E-state index is 6.39. The van der Waals surface area contributed by atoms with E-state index in [0.717, 1.165) is 33.7 Å². The van der Waals surface area contributed by atoms with Crippen LogP contribution in [0.3, 0.4) is 0 Å². The first kappa shape index (κ1) is 18.1. The molecule has 6 heteroatoms. The Morgan fingerprint density at radius 3 is 2.59 bits per heavy atom. The van der Waals surface area contributed by atoms with Gasteiger partial charge in [-0.3, -0.25) is 5.10 Å². The van der Waals surface area contributed by atoms with E-state index in [4.69, 9.17) is 16.6 Å². The quantitative estimate of drug-likeness (QED) is 0.440. The third kappa shape index (κ3) is 3.61. The van der Waals surface area contributed by atoms with E-state index < -0.39 is 0 Å². The van der Waals surface area contributed by atoms with Crippen molar-refractivity contribution in [1.29, 1.82) is 0 Å². The van der Waals surface area contributed by atoms with Crippen LogP contribution in [0.4, 0.5) is 11.5 Å². The first-order valence-corrected chi connectivity index (χ1v) is 9.13. The Morgan fingerprint density at radius 2 is 1.78 bits per heavy atom. The molecule has 1 fully saturated rings. The van der Waals surface area contributed by atoms with Crippen LogP contribution in [0.5, 0.6) is 0 Å². The van der Waals surface area contributed by atoms with Crippen LogP contribution in [0.25, 0.3) is 22.2 Å². The largest absolute Gasteiger partial charge is 0.338 e. The molecule has 27 heavy (non-hydrogen) atoms. The van der Waals surface area contributed by atoms with Gasteiger partial charge in [0.15, 0.2) is 5.82 Å². The summed E-state index contributed by atoms with van der Waals surface area (Å²) < 4.78 is 0. The Bertz CT molecular complexity index is 1100. The standard InChI is InChI=1S/C21H17ClN4.V/c22-16-7-3-1-5-14(16)19-11-20(15-6-2-4-8-17(15)23-19)24-21-12-18(25-26-21)13-9-10-13;/h1-8,11-13H,9-10H2,(H2,23,24,25,26);. The maximum Gasteiger partial charge on any atom is 0.152 e. The zero-order chi connectivity index (χ0) is 17.5. The number of halogens is 1. The summed E-state index contributed by atoms with van der Waals surface area (Å²) in [6, 6.07) is 20.0. The molecule has 0 unspecified atom stereocenters. The van der Waals surface area contributed by atoms with Gasteiger partial charge in [0.2, 0.25) is 0 Å². The minimum atomic E-state index is 0. The number of para-hydroxylation sites is 1. The third-order valence-electron chi connectivity index (χ3n) is 4.74. The fourth-order valence-corrected chi connectivity index (χ4v) is 3.46. The van der Waals surface area contributed by atoms with E-state index in [1.165, 1.54) is 18.5 Å². The van der Waals surface area contributed by atoms with Gasteiger partial charge in [0.1, 0.15) is 0 Å². The monoisotopic (exact) mass is 411 g/mol. The van der Waals surface area contributed by atoms with Crippen LogP contribution < -0.4 is 5.32 Å². The van der Waals surface area contributed by atoms with Crippen molar-refractivity contribution >= 4 is 34.0 Å². The van der Waals surface area contributed by atoms with Gasteiger partial charge >= 0.3 is 0 Å². The number of benzene rings is 2. The van der Waals surface area contributed by atoms with Gasteiger partial charge in [-0.05, 0) is 31.0 Å². The molecule has 5 rings (SSSR count). The first-order chi connectivity index (χ1) is 12.8. The van der Waals surface area contributed by atoms with E-state index >= 15 is 0 Å². The van der Waals surface area contributed by atoms with Gasteiger partial charge in [-0.1, -0.05) is 48.0 Å². The van der Waals surface area contributed by atoms with E-state index in [0.29, 0.717) is 10.9 Å². The van der Waals surface area contributed by atoms with E-state index in [9.17, 15) is 0 Å². The molecular formula is C21H17ClN4V. The molecular weight excluding hydrogens is 395 g/mol. The summed E-state index contributed by atoms with van der Waals surface area (Å²) >= 11 is 6.39. The summed E-state index contributed by atoms with van der Waals surface area (Å²) in [4.78, 5) is 4.80. The number of nitrogens with one attached hydrogen (secondary N) is 2. The van der Waals surface area contributed by atoms with Crippen LogP contribution in [0.15, 0.2) is 60.7 Å². The molecule has 1 aliphatic rings. The molecule has 1 saturated carbocycles. The summed E-state index contributed by atoms with van der Waals surface area (Å²) in [6.07, 6.45) is 2.49. The summed E-state index contributed by atoms with van der Waals surface area (Å²) in [5, 5.41) is 12.8. The zero-order valence-corrected chi connectivity index (χ0v) is 16.6. The van der Waals surface area contributed by atoms with Crippen molar-refractivity contribution in [1.82, 2.24) is 15.2 Å². The zero-order valence-electron chi connectivity index (χ0n) is 14.5. The van der Waals surface area contributed by atoms with Crippen LogP contribution in [0.2, 0.25) is 5.02 Å². The Kier molecular flexibility index (Phi) is 4.96. The van der Waals surface area contributed by atoms with E-state index in [1.54, 1.807) is 0 Å². The molecule has 0 bridgehead atoms. The van der Waals surface area contributed by atoms with Crippen molar-refractivity contribution in [3.63, 3.8) is 0 Å². The number of aromatic amines is 1. The second-order valence-electron chi connectivity index (χ2n) is 6.66. The number of fused-ring (bicyclic) bond motifs is 1. The van der Waals surface area contributed by atoms with Gasteiger partial charge in [0.25, 0.3) is 0 Å². The number of nitrogens with zero attached hydrogens (tertiary/aromatic N) is 2. The molecule has 2 aromatic carbocycles. The van der Waals surface area contributed by atoms with Crippen molar-refractivity contribution in [2.45, 2.75) is 18.8 Å². The summed E-state index contributed by atoms with van der Waals surface area (Å²) in [6.45, 7) is 0. The number of pyridine rings is 1. The predicted molar refractivity (Wildman–Crippen MR) is 106 cm³/mol. The minimum Gasteiger partial charge on any atom is -0.338 e. The smallest absolute Gasteiger partial charge is 0.152 e. The third-order valence-corrected chi connectivity index (χ3v) is 5.07. The van der Waals surface area contributed by atoms with Gasteiger partial charge in [-0.2, -0.15) is 5.10 Å². The number of aromatic nitrogens is 3. The van der Waals surface area contributed by atoms with Crippen LogP contribution in [0.1, 0.15) is 24.5 Å². The van der Waals surface area contributed by atoms with Gasteiger partial charge < -0.3 is 5.32 Å². The molecule has 2 heterocycles. The predicted octanol–water partition coefficient (Wildman–Crippen LogP) is 5.90. The Hall–Kier alpha value is -2.27. The average Bonchev–Trinajstić information content (AvgIpc) is 3.41. The molecule has 1 aliphatic carbocycles. The number of hydrogen-bond acceptors (Lipinski definition) is 3. The molecule has 0 amide bonds. The van der Waals surface area contributed by atoms with Gasteiger partial charge in [0.05, 0.1) is 16.9 Å². The number of H-pyrrole nitrogens is 1. The van der Waals surface area contributed by atoms with Crippen LogP contribution in [-0.2, 0) is 18.6 Å². The van der Waals surface area contributed by atoms with Crippen molar-refractivity contribution in [2.75, 3.05) is 5.32 Å². The Labute approximate surface area is 174 Å². The molecule has 0 saturated heterocycles. The molecule has 4 aromatic rings. The minimum absolute atomic E-state index is 0. The number of hydrogen-bond donors (Lipinski definition) is 2. The molecule has 2 aromatic heterocycles. The van der Waals surface area contributed by atoms with Gasteiger partial charge in [0, 0.05) is 52.2 Å². The fraction of sp³-hybridized carbons (Fsp3) is 0.143. The molecule has 0 atom stereocenters. The second kappa shape index (κ2) is 7.39. The molecule has 4 nitrogen and oxygen atoms in total. The maximum absolute atomic E-state index is 6.39. The van der Waals surface area contributed by atoms with E-state index in [-0.39, 0.29) is 18.6 Å². The van der Waals surface area contributed by atoms with Crippen molar-refractivity contribution in [2.24, 2.45) is 0 Å². The van der Waals surface area contributed by atoms with Crippen LogP contribution in [-0.4, -0.2) is 15.2 Å². The molecule has 0 spiro atoms. The molecule has 0 aliphatic heterocycles. The molecule has 2 N–H and O–H groups in total. The Balaban J connectivity index is 0.00000180. The van der Waals surface area contributed by atoms with Crippen molar-refractivity contribution in [3.8, 4) is 11.3 Å². The summed E-state index contributed by atoms with van der Waals surface area (Å²) in [5.41, 5.74) is 4.86. The van der Waals surface area contributed by atoms with Crippen LogP contribution in [0, 0.1) is 0 Å². The van der Waals surface area contributed by atoms with Crippen LogP contribution >= 0.6 is 11.6 Å². The number of anilines is 2. The van der Waals surface area contributed by atoms with Gasteiger partial charge in [-0.25, -0.2) is 4.98 Å². The van der Waals surface area contributed by atoms with E-state index in [2.05, 4.69) is 27.6 Å². The first-order valence-electron chi connectivity index (χ1n) is 8.75. The number of rotatable bonds is 4. The summed E-state index contributed by atoms with van der Waals surface area (Å²) in [5.74, 6) is 1.47.